The number of para-hydroxylation sites is 1. The molecule has 6 nitrogen and oxygen atoms in total. The van der Waals surface area contributed by atoms with Crippen molar-refractivity contribution in [1.82, 2.24) is 14.8 Å². The van der Waals surface area contributed by atoms with Crippen molar-refractivity contribution in [3.8, 4) is 0 Å². The second-order valence-corrected chi connectivity index (χ2v) is 6.99. The van der Waals surface area contributed by atoms with Gasteiger partial charge in [-0.3, -0.25) is 9.59 Å². The lowest BCUT2D eigenvalue weighted by molar-refractivity contribution is -0.139. The Morgan fingerprint density at radius 3 is 2.44 bits per heavy atom. The second-order valence-electron chi connectivity index (χ2n) is 6.99. The third kappa shape index (κ3) is 3.02. The van der Waals surface area contributed by atoms with Crippen LogP contribution in [-0.2, 0) is 4.79 Å². The predicted molar refractivity (Wildman–Crippen MR) is 94.1 cm³/mol. The lowest BCUT2D eigenvalue weighted by atomic mass is 10.0. The fourth-order valence-corrected chi connectivity index (χ4v) is 3.95. The molecule has 132 valence electrons. The summed E-state index contributed by atoms with van der Waals surface area (Å²) in [5.74, 6) is -0.233. The van der Waals surface area contributed by atoms with Gasteiger partial charge in [0.1, 0.15) is 5.69 Å². The Bertz CT molecular complexity index is 759. The molecule has 25 heavy (non-hydrogen) atoms. The van der Waals surface area contributed by atoms with Crippen LogP contribution < -0.4 is 0 Å². The summed E-state index contributed by atoms with van der Waals surface area (Å²) in [4.78, 5) is 32.0. The zero-order valence-corrected chi connectivity index (χ0v) is 14.1. The van der Waals surface area contributed by atoms with Crippen LogP contribution in [0.5, 0.6) is 0 Å². The Morgan fingerprint density at radius 2 is 1.76 bits per heavy atom. The molecule has 6 heteroatoms. The average molecular weight is 341 g/mol. The number of nitrogens with one attached hydrogen (secondary N) is 1. The van der Waals surface area contributed by atoms with Crippen molar-refractivity contribution >= 4 is 22.7 Å². The monoisotopic (exact) mass is 341 g/mol. The number of aromatic nitrogens is 1. The van der Waals surface area contributed by atoms with Gasteiger partial charge < -0.3 is 19.9 Å². The molecule has 0 radical (unpaired) electrons. The molecule has 1 saturated carbocycles. The van der Waals surface area contributed by atoms with Crippen molar-refractivity contribution < 1.29 is 14.7 Å². The predicted octanol–water partition coefficient (Wildman–Crippen LogP) is 1.61. The topological polar surface area (TPSA) is 76.6 Å². The number of aromatic amines is 1. The summed E-state index contributed by atoms with van der Waals surface area (Å²) in [6, 6.07) is 9.70. The van der Waals surface area contributed by atoms with Crippen LogP contribution in [-0.4, -0.2) is 64.0 Å². The van der Waals surface area contributed by atoms with Crippen LogP contribution in [0, 0.1) is 5.92 Å². The highest BCUT2D eigenvalue weighted by molar-refractivity contribution is 5.98. The molecule has 4 rings (SSSR count). The van der Waals surface area contributed by atoms with Gasteiger partial charge in [0.05, 0.1) is 12.0 Å². The van der Waals surface area contributed by atoms with Crippen LogP contribution in [0.4, 0.5) is 0 Å². The molecule has 2 fully saturated rings. The first-order valence-electron chi connectivity index (χ1n) is 8.97. The molecule has 1 aliphatic carbocycles. The first kappa shape index (κ1) is 16.1. The molecular weight excluding hydrogens is 318 g/mol. The van der Waals surface area contributed by atoms with Gasteiger partial charge >= 0.3 is 0 Å². The summed E-state index contributed by atoms with van der Waals surface area (Å²) in [7, 11) is 0. The smallest absolute Gasteiger partial charge is 0.270 e. The van der Waals surface area contributed by atoms with Crippen molar-refractivity contribution in [1.29, 1.82) is 0 Å². The summed E-state index contributed by atoms with van der Waals surface area (Å²) < 4.78 is 0. The quantitative estimate of drug-likeness (QED) is 0.871. The van der Waals surface area contributed by atoms with Crippen molar-refractivity contribution in [2.45, 2.75) is 25.4 Å². The maximum atomic E-state index is 12.7. The van der Waals surface area contributed by atoms with Crippen LogP contribution in [0.15, 0.2) is 30.3 Å². The van der Waals surface area contributed by atoms with Crippen LogP contribution in [0.25, 0.3) is 10.9 Å². The number of hydrogen-bond donors (Lipinski definition) is 2. The van der Waals surface area contributed by atoms with Gasteiger partial charge in [0.15, 0.2) is 0 Å². The summed E-state index contributed by atoms with van der Waals surface area (Å²) in [5, 5.41) is 11.0. The highest BCUT2D eigenvalue weighted by Crippen LogP contribution is 2.27. The first-order valence-corrected chi connectivity index (χ1v) is 8.97. The van der Waals surface area contributed by atoms with Gasteiger partial charge in [-0.2, -0.15) is 0 Å². The van der Waals surface area contributed by atoms with Crippen molar-refractivity contribution in [3.63, 3.8) is 0 Å². The van der Waals surface area contributed by atoms with Crippen molar-refractivity contribution in [3.05, 3.63) is 36.0 Å². The van der Waals surface area contributed by atoms with Gasteiger partial charge in [0.25, 0.3) is 5.91 Å². The number of aliphatic hydroxyl groups excluding tert-OH is 1. The molecule has 0 spiro atoms. The third-order valence-corrected chi connectivity index (χ3v) is 5.44. The Labute approximate surface area is 146 Å². The molecule has 1 aromatic carbocycles. The molecule has 1 aliphatic heterocycles. The first-order chi connectivity index (χ1) is 12.1. The fraction of sp³-hybridized carbons (Fsp3) is 0.474. The summed E-state index contributed by atoms with van der Waals surface area (Å²) in [6.07, 6.45) is 1.90. The number of piperazine rings is 1. The number of fused-ring (bicyclic) bond motifs is 1. The molecule has 2 unspecified atom stereocenters. The van der Waals surface area contributed by atoms with Crippen LogP contribution in [0.3, 0.4) is 0 Å². The summed E-state index contributed by atoms with van der Waals surface area (Å²) in [5.41, 5.74) is 1.54. The van der Waals surface area contributed by atoms with E-state index in [1.807, 2.05) is 30.3 Å². The SMILES string of the molecule is O=C(c1cc2ccccc2[nH]1)N1CCN(C(=O)C2CCCC2O)CC1. The standard InChI is InChI=1S/C19H23N3O3/c23-17-7-3-5-14(17)18(24)21-8-10-22(11-9-21)19(25)16-12-13-4-1-2-6-15(13)20-16/h1-2,4,6,12,14,17,20,23H,3,5,7-11H2. The van der Waals surface area contributed by atoms with Gasteiger partial charge in [-0.1, -0.05) is 18.2 Å². The molecule has 1 saturated heterocycles. The van der Waals surface area contributed by atoms with Gasteiger partial charge in [-0.15, -0.1) is 0 Å². The number of nitrogens with zero attached hydrogens (tertiary/aromatic N) is 2. The molecule has 0 bridgehead atoms. The third-order valence-electron chi connectivity index (χ3n) is 5.44. The molecule has 2 aromatic rings. The molecule has 1 aromatic heterocycles. The van der Waals surface area contributed by atoms with Gasteiger partial charge in [0, 0.05) is 37.1 Å². The van der Waals surface area contributed by atoms with E-state index < -0.39 is 6.10 Å². The zero-order valence-electron chi connectivity index (χ0n) is 14.1. The van der Waals surface area contributed by atoms with Gasteiger partial charge in [-0.05, 0) is 31.4 Å². The van der Waals surface area contributed by atoms with E-state index >= 15 is 0 Å². The Morgan fingerprint density at radius 1 is 1.04 bits per heavy atom. The fourth-order valence-electron chi connectivity index (χ4n) is 3.95. The normalized spacial score (nSPS) is 24.0. The number of carbonyl (C=O) groups is 2. The van der Waals surface area contributed by atoms with E-state index in [-0.39, 0.29) is 17.7 Å². The largest absolute Gasteiger partial charge is 0.392 e. The van der Waals surface area contributed by atoms with Gasteiger partial charge in [-0.25, -0.2) is 0 Å². The van der Waals surface area contributed by atoms with Crippen molar-refractivity contribution in [2.24, 2.45) is 5.92 Å². The van der Waals surface area contributed by atoms with Crippen LogP contribution in [0.2, 0.25) is 0 Å². The van der Waals surface area contributed by atoms with Crippen LogP contribution in [0.1, 0.15) is 29.8 Å². The summed E-state index contributed by atoms with van der Waals surface area (Å²) in [6.45, 7) is 2.13. The molecule has 2 aliphatic rings. The van der Waals surface area contributed by atoms with E-state index in [9.17, 15) is 14.7 Å². The van der Waals surface area contributed by atoms with E-state index in [1.54, 1.807) is 9.80 Å². The minimum atomic E-state index is -0.501. The maximum Gasteiger partial charge on any atom is 0.270 e. The number of aliphatic hydroxyl groups is 1. The lowest BCUT2D eigenvalue weighted by Crippen LogP contribution is -2.52. The maximum absolute atomic E-state index is 12.7. The van der Waals surface area contributed by atoms with Crippen LogP contribution >= 0.6 is 0 Å². The van der Waals surface area contributed by atoms with E-state index in [0.717, 1.165) is 30.2 Å². The number of amides is 2. The molecular formula is C19H23N3O3. The molecule has 2 amide bonds. The number of carbonyl (C=O) groups excluding carboxylic acids is 2. The Balaban J connectivity index is 1.39. The van der Waals surface area contributed by atoms with E-state index in [1.165, 1.54) is 0 Å². The van der Waals surface area contributed by atoms with E-state index in [2.05, 4.69) is 4.98 Å². The number of rotatable bonds is 2. The highest BCUT2D eigenvalue weighted by atomic mass is 16.3. The molecule has 2 atom stereocenters. The second kappa shape index (κ2) is 6.52. The number of benzene rings is 1. The Hall–Kier alpha value is -2.34. The molecule has 2 N–H and O–H groups in total. The minimum absolute atomic E-state index is 0.0239. The summed E-state index contributed by atoms with van der Waals surface area (Å²) >= 11 is 0. The van der Waals surface area contributed by atoms with Crippen molar-refractivity contribution in [2.75, 3.05) is 26.2 Å². The minimum Gasteiger partial charge on any atom is -0.392 e. The molecule has 2 heterocycles. The Kier molecular flexibility index (Phi) is 4.21. The van der Waals surface area contributed by atoms with Gasteiger partial charge in [0.2, 0.25) is 5.91 Å². The number of H-pyrrole nitrogens is 1. The van der Waals surface area contributed by atoms with E-state index in [4.69, 9.17) is 0 Å². The number of hydrogen-bond acceptors (Lipinski definition) is 3. The highest BCUT2D eigenvalue weighted by Gasteiger charge is 2.36. The lowest BCUT2D eigenvalue weighted by Gasteiger charge is -2.36. The zero-order chi connectivity index (χ0) is 17.4. The van der Waals surface area contributed by atoms with E-state index in [0.29, 0.717) is 31.9 Å². The average Bonchev–Trinajstić information content (AvgIpc) is 3.26.